The maximum atomic E-state index is 13.9. The molecule has 0 saturated carbocycles. The van der Waals surface area contributed by atoms with Gasteiger partial charge in [-0.15, -0.1) is 0 Å². The van der Waals surface area contributed by atoms with E-state index in [1.165, 1.54) is 17.2 Å². The summed E-state index contributed by atoms with van der Waals surface area (Å²) >= 11 is 3.41. The standard InChI is InChI=1S/C17H19BrFN/c1-3-20-17(13-6-4-5-12(2)9-13)11-14-10-15(18)7-8-16(14)19/h4-10,17,20H,3,11H2,1-2H3. The Balaban J connectivity index is 2.27. The average Bonchev–Trinajstić information content (AvgIpc) is 2.42. The number of hydrogen-bond acceptors (Lipinski definition) is 1. The molecule has 0 spiro atoms. The third-order valence-electron chi connectivity index (χ3n) is 3.33. The van der Waals surface area contributed by atoms with E-state index in [1.807, 2.05) is 12.1 Å². The fourth-order valence-electron chi connectivity index (χ4n) is 2.36. The van der Waals surface area contributed by atoms with Crippen LogP contribution in [0.5, 0.6) is 0 Å². The molecule has 2 rings (SSSR count). The average molecular weight is 336 g/mol. The quantitative estimate of drug-likeness (QED) is 0.828. The van der Waals surface area contributed by atoms with Gasteiger partial charge in [0.1, 0.15) is 5.82 Å². The molecule has 20 heavy (non-hydrogen) atoms. The first kappa shape index (κ1) is 15.2. The normalized spacial score (nSPS) is 12.4. The number of hydrogen-bond donors (Lipinski definition) is 1. The van der Waals surface area contributed by atoms with Crippen LogP contribution in [0, 0.1) is 12.7 Å². The van der Waals surface area contributed by atoms with E-state index in [-0.39, 0.29) is 11.9 Å². The highest BCUT2D eigenvalue weighted by Gasteiger charge is 2.14. The van der Waals surface area contributed by atoms with E-state index in [0.29, 0.717) is 6.42 Å². The Morgan fingerprint density at radius 1 is 1.20 bits per heavy atom. The Hall–Kier alpha value is -1.19. The van der Waals surface area contributed by atoms with Crippen LogP contribution in [0.4, 0.5) is 4.39 Å². The van der Waals surface area contributed by atoms with Crippen molar-refractivity contribution in [3.05, 3.63) is 69.4 Å². The van der Waals surface area contributed by atoms with Crippen molar-refractivity contribution in [2.75, 3.05) is 6.54 Å². The van der Waals surface area contributed by atoms with E-state index in [2.05, 4.69) is 53.3 Å². The van der Waals surface area contributed by atoms with Crippen LogP contribution in [0.15, 0.2) is 46.9 Å². The van der Waals surface area contributed by atoms with Gasteiger partial charge in [0.15, 0.2) is 0 Å². The molecule has 0 aliphatic carbocycles. The second kappa shape index (κ2) is 7.00. The predicted molar refractivity (Wildman–Crippen MR) is 85.4 cm³/mol. The van der Waals surface area contributed by atoms with Crippen LogP contribution in [-0.2, 0) is 6.42 Å². The zero-order chi connectivity index (χ0) is 14.5. The highest BCUT2D eigenvalue weighted by molar-refractivity contribution is 9.10. The van der Waals surface area contributed by atoms with E-state index in [9.17, 15) is 4.39 Å². The number of benzene rings is 2. The monoisotopic (exact) mass is 335 g/mol. The molecular formula is C17H19BrFN. The smallest absolute Gasteiger partial charge is 0.126 e. The lowest BCUT2D eigenvalue weighted by Crippen LogP contribution is -2.23. The number of nitrogens with one attached hydrogen (secondary N) is 1. The summed E-state index contributed by atoms with van der Waals surface area (Å²) in [5, 5.41) is 3.44. The second-order valence-corrected chi connectivity index (χ2v) is 5.88. The van der Waals surface area contributed by atoms with E-state index in [4.69, 9.17) is 0 Å². The molecule has 0 radical (unpaired) electrons. The van der Waals surface area contributed by atoms with Crippen LogP contribution in [0.25, 0.3) is 0 Å². The van der Waals surface area contributed by atoms with Crippen molar-refractivity contribution in [2.24, 2.45) is 0 Å². The van der Waals surface area contributed by atoms with Crippen LogP contribution >= 0.6 is 15.9 Å². The first-order valence-electron chi connectivity index (χ1n) is 6.84. The Bertz CT molecular complexity index is 583. The molecule has 0 aromatic heterocycles. The van der Waals surface area contributed by atoms with Gasteiger partial charge >= 0.3 is 0 Å². The Morgan fingerprint density at radius 2 is 2.00 bits per heavy atom. The molecular weight excluding hydrogens is 317 g/mol. The van der Waals surface area contributed by atoms with Gasteiger partial charge in [-0.2, -0.15) is 0 Å². The van der Waals surface area contributed by atoms with Crippen molar-refractivity contribution in [1.29, 1.82) is 0 Å². The van der Waals surface area contributed by atoms with Gasteiger partial charge in [0.05, 0.1) is 0 Å². The first-order chi connectivity index (χ1) is 9.60. The van der Waals surface area contributed by atoms with Gasteiger partial charge in [0, 0.05) is 10.5 Å². The van der Waals surface area contributed by atoms with Crippen molar-refractivity contribution < 1.29 is 4.39 Å². The number of aryl methyl sites for hydroxylation is 1. The van der Waals surface area contributed by atoms with E-state index < -0.39 is 0 Å². The first-order valence-corrected chi connectivity index (χ1v) is 7.63. The van der Waals surface area contributed by atoms with E-state index in [1.54, 1.807) is 6.07 Å². The fourth-order valence-corrected chi connectivity index (χ4v) is 2.77. The number of rotatable bonds is 5. The van der Waals surface area contributed by atoms with Gasteiger partial charge < -0.3 is 5.32 Å². The lowest BCUT2D eigenvalue weighted by Gasteiger charge is -2.19. The molecule has 1 N–H and O–H groups in total. The van der Waals surface area contributed by atoms with Gasteiger partial charge in [-0.05, 0) is 49.2 Å². The summed E-state index contributed by atoms with van der Waals surface area (Å²) < 4.78 is 14.8. The van der Waals surface area contributed by atoms with E-state index in [0.717, 1.165) is 16.6 Å². The minimum absolute atomic E-state index is 0.128. The summed E-state index contributed by atoms with van der Waals surface area (Å²) in [7, 11) is 0. The molecule has 1 unspecified atom stereocenters. The molecule has 2 aromatic rings. The third kappa shape index (κ3) is 3.90. The molecule has 3 heteroatoms. The van der Waals surface area contributed by atoms with Crippen molar-refractivity contribution in [1.82, 2.24) is 5.32 Å². The van der Waals surface area contributed by atoms with Crippen molar-refractivity contribution in [3.63, 3.8) is 0 Å². The molecule has 1 nitrogen and oxygen atoms in total. The molecule has 0 aliphatic rings. The minimum atomic E-state index is -0.149. The summed E-state index contributed by atoms with van der Waals surface area (Å²) in [6, 6.07) is 13.6. The Morgan fingerprint density at radius 3 is 2.70 bits per heavy atom. The summed E-state index contributed by atoms with van der Waals surface area (Å²) in [6.07, 6.45) is 0.641. The Labute approximate surface area is 128 Å². The second-order valence-electron chi connectivity index (χ2n) is 4.96. The molecule has 106 valence electrons. The summed E-state index contributed by atoms with van der Waals surface area (Å²) in [5.41, 5.74) is 3.15. The van der Waals surface area contributed by atoms with Crippen molar-refractivity contribution in [3.8, 4) is 0 Å². The van der Waals surface area contributed by atoms with Gasteiger partial charge in [0.25, 0.3) is 0 Å². The fraction of sp³-hybridized carbons (Fsp3) is 0.294. The molecule has 0 amide bonds. The van der Waals surface area contributed by atoms with Gasteiger partial charge in [-0.3, -0.25) is 0 Å². The molecule has 2 aromatic carbocycles. The molecule has 0 bridgehead atoms. The third-order valence-corrected chi connectivity index (χ3v) is 3.82. The molecule has 0 saturated heterocycles. The molecule has 0 heterocycles. The maximum Gasteiger partial charge on any atom is 0.126 e. The summed E-state index contributed by atoms with van der Waals surface area (Å²) in [5.74, 6) is -0.149. The lowest BCUT2D eigenvalue weighted by atomic mass is 9.97. The highest BCUT2D eigenvalue weighted by atomic mass is 79.9. The van der Waals surface area contributed by atoms with Crippen LogP contribution in [0.1, 0.15) is 29.7 Å². The van der Waals surface area contributed by atoms with Crippen LogP contribution in [-0.4, -0.2) is 6.54 Å². The highest BCUT2D eigenvalue weighted by Crippen LogP contribution is 2.23. The van der Waals surface area contributed by atoms with Gasteiger partial charge in [0.2, 0.25) is 0 Å². The largest absolute Gasteiger partial charge is 0.310 e. The Kier molecular flexibility index (Phi) is 5.32. The molecule has 0 aliphatic heterocycles. The SMILES string of the molecule is CCNC(Cc1cc(Br)ccc1F)c1cccc(C)c1. The zero-order valence-corrected chi connectivity index (χ0v) is 13.4. The van der Waals surface area contributed by atoms with Gasteiger partial charge in [-0.25, -0.2) is 4.39 Å². The van der Waals surface area contributed by atoms with Crippen LogP contribution in [0.3, 0.4) is 0 Å². The lowest BCUT2D eigenvalue weighted by molar-refractivity contribution is 0.527. The summed E-state index contributed by atoms with van der Waals surface area (Å²) in [6.45, 7) is 5.00. The topological polar surface area (TPSA) is 12.0 Å². The predicted octanol–water partition coefficient (Wildman–Crippen LogP) is 4.79. The van der Waals surface area contributed by atoms with E-state index >= 15 is 0 Å². The molecule has 0 fully saturated rings. The van der Waals surface area contributed by atoms with Crippen LogP contribution in [0.2, 0.25) is 0 Å². The minimum Gasteiger partial charge on any atom is -0.310 e. The number of halogens is 2. The van der Waals surface area contributed by atoms with Crippen molar-refractivity contribution in [2.45, 2.75) is 26.3 Å². The summed E-state index contributed by atoms with van der Waals surface area (Å²) in [4.78, 5) is 0. The number of likely N-dealkylation sites (N-methyl/N-ethyl adjacent to an activating group) is 1. The van der Waals surface area contributed by atoms with Gasteiger partial charge in [-0.1, -0.05) is 52.7 Å². The molecule has 1 atom stereocenters. The zero-order valence-electron chi connectivity index (χ0n) is 11.8. The maximum absolute atomic E-state index is 13.9. The van der Waals surface area contributed by atoms with Crippen LogP contribution < -0.4 is 5.32 Å². The van der Waals surface area contributed by atoms with Crippen molar-refractivity contribution >= 4 is 15.9 Å².